The molecular formula is C15H16N4O2. The standard InChI is InChI=1S/C15H16N4O2/c16-13-6-12-14(18-13)17-9-19(15(12)21)7-11(8-20)10-4-2-1-3-5-10/h1-6,9,11,20-21H,7-8,16H2. The third-order valence-electron chi connectivity index (χ3n) is 3.51. The topological polar surface area (TPSA) is 97.2 Å². The Labute approximate surface area is 121 Å². The first-order chi connectivity index (χ1) is 10.2. The number of nitrogens with zero attached hydrogens (tertiary/aromatic N) is 3. The second-order valence-corrected chi connectivity index (χ2v) is 4.93. The van der Waals surface area contributed by atoms with Gasteiger partial charge in [0.1, 0.15) is 5.82 Å². The molecule has 0 saturated heterocycles. The number of aromatic hydroxyl groups is 1. The summed E-state index contributed by atoms with van der Waals surface area (Å²) in [6, 6.07) is 11.3. The lowest BCUT2D eigenvalue weighted by Gasteiger charge is -2.18. The first-order valence-electron chi connectivity index (χ1n) is 6.65. The molecule has 108 valence electrons. The minimum absolute atomic E-state index is 0.0180. The molecule has 1 unspecified atom stereocenters. The summed E-state index contributed by atoms with van der Waals surface area (Å²) in [7, 11) is 0. The number of aliphatic hydroxyl groups is 1. The van der Waals surface area contributed by atoms with Gasteiger partial charge in [-0.1, -0.05) is 30.3 Å². The van der Waals surface area contributed by atoms with Crippen LogP contribution in [-0.2, 0) is 6.54 Å². The van der Waals surface area contributed by atoms with Crippen molar-refractivity contribution < 1.29 is 10.2 Å². The Balaban J connectivity index is 1.94. The van der Waals surface area contributed by atoms with Crippen LogP contribution in [0.2, 0.25) is 0 Å². The van der Waals surface area contributed by atoms with E-state index in [4.69, 9.17) is 5.73 Å². The van der Waals surface area contributed by atoms with Crippen molar-refractivity contribution in [3.8, 4) is 17.3 Å². The number of rotatable bonds is 4. The van der Waals surface area contributed by atoms with Gasteiger partial charge in [-0.15, -0.1) is 0 Å². The highest BCUT2D eigenvalue weighted by atomic mass is 16.3. The number of nitrogens with two attached hydrogens (primary N) is 1. The normalized spacial score (nSPS) is 12.6. The van der Waals surface area contributed by atoms with Crippen LogP contribution in [0.5, 0.6) is 5.88 Å². The lowest BCUT2D eigenvalue weighted by atomic mass is 10.00. The van der Waals surface area contributed by atoms with Crippen LogP contribution in [0.25, 0.3) is 11.4 Å². The maximum absolute atomic E-state index is 10.3. The van der Waals surface area contributed by atoms with Gasteiger partial charge in [-0.3, -0.25) is 0 Å². The number of benzene rings is 1. The fraction of sp³-hybridized carbons (Fsp3) is 0.200. The second-order valence-electron chi connectivity index (χ2n) is 4.93. The Bertz CT molecular complexity index is 711. The molecule has 2 aliphatic rings. The summed E-state index contributed by atoms with van der Waals surface area (Å²) in [5, 5.41) is 19.9. The zero-order valence-corrected chi connectivity index (χ0v) is 11.3. The lowest BCUT2D eigenvalue weighted by Crippen LogP contribution is -2.14. The van der Waals surface area contributed by atoms with Crippen molar-refractivity contribution in [3.05, 3.63) is 48.3 Å². The summed E-state index contributed by atoms with van der Waals surface area (Å²) < 4.78 is 1.59. The minimum atomic E-state index is -0.124. The SMILES string of the molecule is Nc1cc2c(O)n(CC(CO)c3ccccc3)cnc-2n1. The number of fused-ring (bicyclic) bond motifs is 1. The van der Waals surface area contributed by atoms with Crippen LogP contribution in [0.15, 0.2) is 42.7 Å². The van der Waals surface area contributed by atoms with E-state index in [2.05, 4.69) is 9.97 Å². The summed E-state index contributed by atoms with van der Waals surface area (Å²) >= 11 is 0. The quantitative estimate of drug-likeness (QED) is 0.673. The Morgan fingerprint density at radius 1 is 1.24 bits per heavy atom. The number of hydrogen-bond acceptors (Lipinski definition) is 5. The van der Waals surface area contributed by atoms with Gasteiger partial charge in [0.2, 0.25) is 5.88 Å². The molecule has 1 aromatic carbocycles. The lowest BCUT2D eigenvalue weighted by molar-refractivity contribution is 0.248. The Hall–Kier alpha value is -2.60. The van der Waals surface area contributed by atoms with Crippen LogP contribution in [0, 0.1) is 0 Å². The summed E-state index contributed by atoms with van der Waals surface area (Å²) in [5.74, 6) is 0.675. The van der Waals surface area contributed by atoms with E-state index in [1.54, 1.807) is 10.6 Å². The molecule has 2 aliphatic heterocycles. The summed E-state index contributed by atoms with van der Waals surface area (Å²) in [4.78, 5) is 8.19. The Morgan fingerprint density at radius 2 is 2.00 bits per heavy atom. The third-order valence-corrected chi connectivity index (χ3v) is 3.51. The molecule has 0 radical (unpaired) electrons. The second kappa shape index (κ2) is 5.41. The predicted molar refractivity (Wildman–Crippen MR) is 79.0 cm³/mol. The Kier molecular flexibility index (Phi) is 3.45. The molecule has 0 aliphatic carbocycles. The molecule has 0 amide bonds. The van der Waals surface area contributed by atoms with Crippen LogP contribution in [0.1, 0.15) is 11.5 Å². The maximum atomic E-state index is 10.3. The molecule has 21 heavy (non-hydrogen) atoms. The zero-order valence-electron chi connectivity index (χ0n) is 11.3. The number of aliphatic hydroxyl groups excluding tert-OH is 1. The third kappa shape index (κ3) is 2.53. The number of aromatic nitrogens is 3. The molecule has 2 heterocycles. The summed E-state index contributed by atoms with van der Waals surface area (Å²) in [6.45, 7) is 0.399. The molecule has 0 spiro atoms. The van der Waals surface area contributed by atoms with Crippen LogP contribution in [0.3, 0.4) is 0 Å². The van der Waals surface area contributed by atoms with Crippen molar-refractivity contribution in [1.82, 2.24) is 14.5 Å². The maximum Gasteiger partial charge on any atom is 0.203 e. The fourth-order valence-electron chi connectivity index (χ4n) is 2.39. The molecule has 0 fully saturated rings. The van der Waals surface area contributed by atoms with E-state index in [0.29, 0.717) is 23.8 Å². The molecule has 3 rings (SSSR count). The minimum Gasteiger partial charge on any atom is -0.494 e. The van der Waals surface area contributed by atoms with Gasteiger partial charge in [0.15, 0.2) is 5.82 Å². The zero-order chi connectivity index (χ0) is 14.8. The summed E-state index contributed by atoms with van der Waals surface area (Å²) in [6.07, 6.45) is 1.51. The van der Waals surface area contributed by atoms with E-state index in [1.807, 2.05) is 30.3 Å². The van der Waals surface area contributed by atoms with Crippen molar-refractivity contribution in [1.29, 1.82) is 0 Å². The highest BCUT2D eigenvalue weighted by molar-refractivity contribution is 5.68. The van der Waals surface area contributed by atoms with Crippen molar-refractivity contribution >= 4 is 5.82 Å². The first-order valence-corrected chi connectivity index (χ1v) is 6.65. The van der Waals surface area contributed by atoms with Crippen LogP contribution >= 0.6 is 0 Å². The summed E-state index contributed by atoms with van der Waals surface area (Å²) in [5.41, 5.74) is 7.14. The van der Waals surface area contributed by atoms with Crippen molar-refractivity contribution in [2.24, 2.45) is 0 Å². The Morgan fingerprint density at radius 3 is 2.71 bits per heavy atom. The van der Waals surface area contributed by atoms with Gasteiger partial charge in [-0.05, 0) is 11.6 Å². The fourth-order valence-corrected chi connectivity index (χ4v) is 2.39. The molecule has 0 bridgehead atoms. The predicted octanol–water partition coefficient (Wildman–Crippen LogP) is 1.45. The van der Waals surface area contributed by atoms with E-state index >= 15 is 0 Å². The highest BCUT2D eigenvalue weighted by Gasteiger charge is 2.18. The molecule has 0 aromatic heterocycles. The molecule has 1 atom stereocenters. The average Bonchev–Trinajstić information content (AvgIpc) is 2.89. The van der Waals surface area contributed by atoms with E-state index in [-0.39, 0.29) is 18.4 Å². The van der Waals surface area contributed by atoms with E-state index in [1.165, 1.54) is 6.33 Å². The average molecular weight is 284 g/mol. The highest BCUT2D eigenvalue weighted by Crippen LogP contribution is 2.31. The first kappa shape index (κ1) is 13.4. The van der Waals surface area contributed by atoms with Crippen molar-refractivity contribution in [3.63, 3.8) is 0 Å². The van der Waals surface area contributed by atoms with Gasteiger partial charge in [0, 0.05) is 12.5 Å². The van der Waals surface area contributed by atoms with Crippen molar-refractivity contribution in [2.75, 3.05) is 12.3 Å². The number of nitrogen functional groups attached to an aromatic ring is 1. The largest absolute Gasteiger partial charge is 0.494 e. The van der Waals surface area contributed by atoms with Gasteiger partial charge in [0.25, 0.3) is 0 Å². The molecule has 6 heteroatoms. The molecule has 1 aromatic rings. The molecule has 0 saturated carbocycles. The van der Waals surface area contributed by atoms with Gasteiger partial charge >= 0.3 is 0 Å². The van der Waals surface area contributed by atoms with Crippen LogP contribution < -0.4 is 5.73 Å². The van der Waals surface area contributed by atoms with Gasteiger partial charge < -0.3 is 20.5 Å². The van der Waals surface area contributed by atoms with Gasteiger partial charge in [-0.25, -0.2) is 9.97 Å². The molecule has 4 N–H and O–H groups in total. The van der Waals surface area contributed by atoms with Crippen molar-refractivity contribution in [2.45, 2.75) is 12.5 Å². The van der Waals surface area contributed by atoms with E-state index in [9.17, 15) is 10.2 Å². The monoisotopic (exact) mass is 284 g/mol. The van der Waals surface area contributed by atoms with Crippen LogP contribution in [0.4, 0.5) is 5.82 Å². The molecular weight excluding hydrogens is 268 g/mol. The smallest absolute Gasteiger partial charge is 0.203 e. The number of anilines is 1. The molecule has 6 nitrogen and oxygen atoms in total. The number of hydrogen-bond donors (Lipinski definition) is 3. The van der Waals surface area contributed by atoms with Gasteiger partial charge in [-0.2, -0.15) is 0 Å². The van der Waals surface area contributed by atoms with E-state index < -0.39 is 0 Å². The van der Waals surface area contributed by atoms with Gasteiger partial charge in [0.05, 0.1) is 18.5 Å². The van der Waals surface area contributed by atoms with Crippen LogP contribution in [-0.4, -0.2) is 31.4 Å². The van der Waals surface area contributed by atoms with E-state index in [0.717, 1.165) is 5.56 Å².